The summed E-state index contributed by atoms with van der Waals surface area (Å²) in [6, 6.07) is 0. The Kier molecular flexibility index (Phi) is 126. The van der Waals surface area contributed by atoms with Crippen molar-refractivity contribution < 1.29 is 9.90 Å². The van der Waals surface area contributed by atoms with Crippen molar-refractivity contribution in [1.82, 2.24) is 5.32 Å². The van der Waals surface area contributed by atoms with E-state index in [9.17, 15) is 4.79 Å². The molecule has 6 heteroatoms. The predicted molar refractivity (Wildman–Crippen MR) is 56.9 cm³/mol. The third-order valence-corrected chi connectivity index (χ3v) is 0.328. The van der Waals surface area contributed by atoms with E-state index in [1.165, 1.54) is 0 Å². The maximum Gasteiger partial charge on any atom is 0.404 e. The van der Waals surface area contributed by atoms with Gasteiger partial charge >= 0.3 is 6.09 Å². The van der Waals surface area contributed by atoms with Crippen molar-refractivity contribution in [2.24, 2.45) is 0 Å². The molecule has 0 aliphatic heterocycles. The van der Waals surface area contributed by atoms with Gasteiger partial charge in [0.25, 0.3) is 0 Å². The molecule has 0 aliphatic rings. The van der Waals surface area contributed by atoms with E-state index in [-0.39, 0.29) is 52.1 Å². The van der Waals surface area contributed by atoms with Crippen molar-refractivity contribution in [2.75, 3.05) is 6.54 Å². The minimum atomic E-state index is -0.961. The van der Waals surface area contributed by atoms with Crippen molar-refractivity contribution in [2.45, 2.75) is 21.8 Å². The van der Waals surface area contributed by atoms with Gasteiger partial charge in [0.1, 0.15) is 0 Å². The fourth-order valence-electron chi connectivity index (χ4n) is 0.151. The lowest BCUT2D eigenvalue weighted by molar-refractivity contribution is 0.195. The predicted octanol–water partition coefficient (Wildman–Crippen LogP) is 2.81. The smallest absolute Gasteiger partial charge is 0.404 e. The monoisotopic (exact) mass is 229 g/mol. The van der Waals surface area contributed by atoms with Crippen LogP contribution in [0.15, 0.2) is 0 Å². The van der Waals surface area contributed by atoms with Gasteiger partial charge in [0, 0.05) is 6.54 Å². The van der Waals surface area contributed by atoms with Crippen LogP contribution >= 0.6 is 37.2 Å². The van der Waals surface area contributed by atoms with Crippen molar-refractivity contribution in [3.8, 4) is 0 Å². The van der Waals surface area contributed by atoms with Crippen LogP contribution in [0.1, 0.15) is 21.8 Å². The highest BCUT2D eigenvalue weighted by atomic mass is 35.5. The summed E-state index contributed by atoms with van der Waals surface area (Å²) in [6.07, 6.45) is -0.961. The molecule has 0 fully saturated rings. The summed E-state index contributed by atoms with van der Waals surface area (Å²) in [7, 11) is 0. The molecule has 2 N–H and O–H groups in total. The molecule has 3 nitrogen and oxygen atoms in total. The van der Waals surface area contributed by atoms with Gasteiger partial charge in [0.05, 0.1) is 0 Å². The Labute approximate surface area is 87.2 Å². The average molecular weight is 231 g/mol. The standard InChI is InChI=1S/C3H7NO2.2CH4.3ClH/c1-2-4-3(5)6;;;;;/h4H,2H2,1H3,(H,5,6);2*1H4;3*1H. The second-order valence-electron chi connectivity index (χ2n) is 0.835. The van der Waals surface area contributed by atoms with Gasteiger partial charge in [-0.15, -0.1) is 37.2 Å². The Balaban J connectivity index is -0.0000000125. The molecule has 0 saturated carbocycles. The molecule has 76 valence electrons. The van der Waals surface area contributed by atoms with E-state index in [4.69, 9.17) is 5.11 Å². The van der Waals surface area contributed by atoms with Gasteiger partial charge in [-0.3, -0.25) is 0 Å². The zero-order valence-corrected chi connectivity index (χ0v) is 7.24. The zero-order chi connectivity index (χ0) is 4.99. The van der Waals surface area contributed by atoms with Crippen molar-refractivity contribution in [1.29, 1.82) is 0 Å². The van der Waals surface area contributed by atoms with E-state index in [1.807, 2.05) is 0 Å². The van der Waals surface area contributed by atoms with Crippen LogP contribution in [-0.4, -0.2) is 17.7 Å². The zero-order valence-electron chi connectivity index (χ0n) is 4.79. The van der Waals surface area contributed by atoms with Crippen LogP contribution in [0, 0.1) is 0 Å². The number of carbonyl (C=O) groups is 1. The molecule has 0 aliphatic carbocycles. The molecule has 0 aromatic rings. The number of hydrogen-bond donors (Lipinski definition) is 2. The van der Waals surface area contributed by atoms with Gasteiger partial charge in [0.15, 0.2) is 0 Å². The molecule has 0 aromatic heterocycles. The van der Waals surface area contributed by atoms with Crippen molar-refractivity contribution in [3.63, 3.8) is 0 Å². The van der Waals surface area contributed by atoms with Gasteiger partial charge in [-0.1, -0.05) is 14.9 Å². The number of rotatable bonds is 1. The van der Waals surface area contributed by atoms with E-state index in [2.05, 4.69) is 5.32 Å². The van der Waals surface area contributed by atoms with Crippen LogP contribution in [0.4, 0.5) is 4.79 Å². The summed E-state index contributed by atoms with van der Waals surface area (Å²) in [4.78, 5) is 9.49. The van der Waals surface area contributed by atoms with E-state index in [1.54, 1.807) is 6.92 Å². The van der Waals surface area contributed by atoms with Gasteiger partial charge in [-0.05, 0) is 6.92 Å². The van der Waals surface area contributed by atoms with Crippen LogP contribution < -0.4 is 5.32 Å². The van der Waals surface area contributed by atoms with Crippen LogP contribution in [-0.2, 0) is 0 Å². The SMILES string of the molecule is C.C.CCNC(=O)O.Cl.Cl.Cl. The Morgan fingerprint density at radius 2 is 1.55 bits per heavy atom. The maximum absolute atomic E-state index is 9.49. The summed E-state index contributed by atoms with van der Waals surface area (Å²) in [6.45, 7) is 2.21. The molecule has 0 aromatic carbocycles. The average Bonchev–Trinajstić information content (AvgIpc) is 1.35. The quantitative estimate of drug-likeness (QED) is 0.728. The molecule has 0 saturated heterocycles. The topological polar surface area (TPSA) is 49.3 Å². The molecule has 1 amide bonds. The number of nitrogens with one attached hydrogen (secondary N) is 1. The lowest BCUT2D eigenvalue weighted by Crippen LogP contribution is -2.19. The lowest BCUT2D eigenvalue weighted by atomic mass is 10.8. The van der Waals surface area contributed by atoms with Gasteiger partial charge in [-0.25, -0.2) is 4.79 Å². The molecule has 11 heavy (non-hydrogen) atoms. The number of carboxylic acid groups (broad SMARTS) is 1. The molecular weight excluding hydrogens is 212 g/mol. The fourth-order valence-corrected chi connectivity index (χ4v) is 0.151. The summed E-state index contributed by atoms with van der Waals surface area (Å²) >= 11 is 0. The van der Waals surface area contributed by atoms with Crippen LogP contribution in [0.2, 0.25) is 0 Å². The minimum Gasteiger partial charge on any atom is -0.465 e. The molecule has 0 atom stereocenters. The van der Waals surface area contributed by atoms with Gasteiger partial charge < -0.3 is 10.4 Å². The van der Waals surface area contributed by atoms with E-state index in [0.717, 1.165) is 0 Å². The number of halogens is 3. The Morgan fingerprint density at radius 1 is 1.27 bits per heavy atom. The van der Waals surface area contributed by atoms with Crippen LogP contribution in [0.25, 0.3) is 0 Å². The molecule has 0 bridgehead atoms. The molecule has 0 spiro atoms. The summed E-state index contributed by atoms with van der Waals surface area (Å²) in [5.41, 5.74) is 0. The highest BCUT2D eigenvalue weighted by Crippen LogP contribution is 1.54. The highest BCUT2D eigenvalue weighted by Gasteiger charge is 1.82. The van der Waals surface area contributed by atoms with Crippen molar-refractivity contribution >= 4 is 43.3 Å². The summed E-state index contributed by atoms with van der Waals surface area (Å²) in [5, 5.41) is 9.93. The first kappa shape index (κ1) is 43.4. The second-order valence-corrected chi connectivity index (χ2v) is 0.835. The normalized spacial score (nSPS) is 4.09. The van der Waals surface area contributed by atoms with Crippen LogP contribution in [0.5, 0.6) is 0 Å². The molecule has 0 radical (unpaired) electrons. The minimum absolute atomic E-state index is 0. The summed E-state index contributed by atoms with van der Waals surface area (Å²) in [5.74, 6) is 0. The molecule has 0 heterocycles. The molecular formula is C5H18Cl3NO2. The Morgan fingerprint density at radius 3 is 1.55 bits per heavy atom. The number of hydrogen-bond acceptors (Lipinski definition) is 1. The lowest BCUT2D eigenvalue weighted by Gasteiger charge is -1.87. The first-order valence-electron chi connectivity index (χ1n) is 1.74. The Hall–Kier alpha value is 0.140. The van der Waals surface area contributed by atoms with Gasteiger partial charge in [0.2, 0.25) is 0 Å². The first-order valence-corrected chi connectivity index (χ1v) is 1.74. The van der Waals surface area contributed by atoms with E-state index >= 15 is 0 Å². The fraction of sp³-hybridized carbons (Fsp3) is 0.800. The number of amides is 1. The highest BCUT2D eigenvalue weighted by molar-refractivity contribution is 5.86. The third-order valence-electron chi connectivity index (χ3n) is 0.328. The largest absolute Gasteiger partial charge is 0.465 e. The Bertz CT molecular complexity index is 63.7. The van der Waals surface area contributed by atoms with Gasteiger partial charge in [-0.2, -0.15) is 0 Å². The van der Waals surface area contributed by atoms with Crippen molar-refractivity contribution in [3.05, 3.63) is 0 Å². The molecule has 0 unspecified atom stereocenters. The molecule has 0 rings (SSSR count). The summed E-state index contributed by atoms with van der Waals surface area (Å²) < 4.78 is 0. The maximum atomic E-state index is 9.49. The van der Waals surface area contributed by atoms with E-state index in [0.29, 0.717) is 6.54 Å². The second kappa shape index (κ2) is 32.1. The third kappa shape index (κ3) is 68.1. The van der Waals surface area contributed by atoms with E-state index < -0.39 is 6.09 Å². The van der Waals surface area contributed by atoms with Crippen LogP contribution in [0.3, 0.4) is 0 Å². The first-order chi connectivity index (χ1) is 2.77.